The normalized spacial score (nSPS) is 12.7. The highest BCUT2D eigenvalue weighted by atomic mass is 19.4. The topological polar surface area (TPSA) is 115 Å². The van der Waals surface area contributed by atoms with Gasteiger partial charge in [0.1, 0.15) is 11.3 Å². The van der Waals surface area contributed by atoms with Crippen LogP contribution in [0.4, 0.5) is 19.0 Å². The summed E-state index contributed by atoms with van der Waals surface area (Å²) in [4.78, 5) is 32.2. The van der Waals surface area contributed by atoms with Gasteiger partial charge in [0, 0.05) is 24.2 Å². The lowest BCUT2D eigenvalue weighted by molar-refractivity contribution is -0.137. The number of aromatic nitrogens is 6. The van der Waals surface area contributed by atoms with Crippen molar-refractivity contribution in [1.82, 2.24) is 34.4 Å². The first-order valence-corrected chi connectivity index (χ1v) is 11.3. The third-order valence-corrected chi connectivity index (χ3v) is 6.06. The van der Waals surface area contributed by atoms with Crippen LogP contribution in [0.2, 0.25) is 0 Å². The molecular weight excluding hydrogens is 485 g/mol. The Hall–Kier alpha value is -4.61. The fourth-order valence-electron chi connectivity index (χ4n) is 4.10. The molecular formula is C25H21F3N8O. The number of carbonyl (C=O) groups is 1. The highest BCUT2D eigenvalue weighted by Crippen LogP contribution is 2.29. The lowest BCUT2D eigenvalue weighted by Gasteiger charge is -2.28. The smallest absolute Gasteiger partial charge is 0.382 e. The molecule has 12 heteroatoms. The summed E-state index contributed by atoms with van der Waals surface area (Å²) in [6.45, 7) is 3.54. The molecule has 0 fully saturated rings. The lowest BCUT2D eigenvalue weighted by atomic mass is 10.1. The Kier molecular flexibility index (Phi) is 5.94. The Morgan fingerprint density at radius 1 is 1.11 bits per heavy atom. The van der Waals surface area contributed by atoms with Gasteiger partial charge in [0.15, 0.2) is 5.82 Å². The predicted molar refractivity (Wildman–Crippen MR) is 129 cm³/mol. The van der Waals surface area contributed by atoms with E-state index in [2.05, 4.69) is 25.0 Å². The van der Waals surface area contributed by atoms with E-state index >= 15 is 0 Å². The zero-order valence-electron chi connectivity index (χ0n) is 19.8. The molecule has 5 rings (SSSR count). The monoisotopic (exact) mass is 506 g/mol. The quantitative estimate of drug-likeness (QED) is 0.376. The second-order valence-electron chi connectivity index (χ2n) is 8.54. The van der Waals surface area contributed by atoms with Crippen LogP contribution < -0.4 is 5.73 Å². The maximum Gasteiger partial charge on any atom is 0.417 e. The van der Waals surface area contributed by atoms with E-state index in [4.69, 9.17) is 5.73 Å². The molecule has 188 valence electrons. The van der Waals surface area contributed by atoms with Crippen molar-refractivity contribution in [3.63, 3.8) is 0 Å². The van der Waals surface area contributed by atoms with Crippen LogP contribution in [0.3, 0.4) is 0 Å². The van der Waals surface area contributed by atoms with E-state index in [1.165, 1.54) is 11.0 Å². The fraction of sp³-hybridized carbons (Fsp3) is 0.200. The predicted octanol–water partition coefficient (Wildman–Crippen LogP) is 4.38. The number of nitrogens with zero attached hydrogens (tertiary/aromatic N) is 7. The lowest BCUT2D eigenvalue weighted by Crippen LogP contribution is -2.34. The number of alkyl halides is 3. The van der Waals surface area contributed by atoms with E-state index in [0.717, 1.165) is 17.8 Å². The first-order valence-electron chi connectivity index (χ1n) is 11.3. The van der Waals surface area contributed by atoms with Crippen molar-refractivity contribution in [2.75, 3.05) is 5.73 Å². The Morgan fingerprint density at radius 3 is 2.54 bits per heavy atom. The highest BCUT2D eigenvalue weighted by molar-refractivity contribution is 5.98. The van der Waals surface area contributed by atoms with Gasteiger partial charge in [0.05, 0.1) is 41.1 Å². The van der Waals surface area contributed by atoms with E-state index in [1.807, 2.05) is 6.92 Å². The van der Waals surface area contributed by atoms with Crippen molar-refractivity contribution in [3.8, 4) is 0 Å². The minimum Gasteiger partial charge on any atom is -0.382 e. The van der Waals surface area contributed by atoms with Crippen LogP contribution in [0, 0.1) is 6.92 Å². The molecule has 0 aliphatic heterocycles. The molecule has 1 atom stereocenters. The summed E-state index contributed by atoms with van der Waals surface area (Å²) in [7, 11) is 0. The van der Waals surface area contributed by atoms with Crippen molar-refractivity contribution < 1.29 is 18.0 Å². The van der Waals surface area contributed by atoms with Gasteiger partial charge in [-0.1, -0.05) is 0 Å². The molecule has 4 aromatic heterocycles. The van der Waals surface area contributed by atoms with Gasteiger partial charge in [0.25, 0.3) is 5.91 Å². The van der Waals surface area contributed by atoms with Crippen molar-refractivity contribution in [2.45, 2.75) is 32.6 Å². The van der Waals surface area contributed by atoms with Gasteiger partial charge in [-0.05, 0) is 55.8 Å². The van der Waals surface area contributed by atoms with E-state index in [-0.39, 0.29) is 12.2 Å². The van der Waals surface area contributed by atoms with Crippen LogP contribution in [-0.4, -0.2) is 40.4 Å². The molecule has 0 saturated carbocycles. The molecule has 9 nitrogen and oxygen atoms in total. The zero-order valence-corrected chi connectivity index (χ0v) is 19.8. The molecule has 5 aromatic rings. The number of halogens is 3. The molecule has 0 aliphatic carbocycles. The minimum atomic E-state index is -4.51. The Labute approximate surface area is 208 Å². The van der Waals surface area contributed by atoms with Crippen LogP contribution in [-0.2, 0) is 12.7 Å². The molecule has 0 bridgehead atoms. The van der Waals surface area contributed by atoms with E-state index in [9.17, 15) is 18.0 Å². The standard InChI is InChI=1S/C25H21F3N8O/c1-14-11-33-36-20-10-16(4-7-19(20)34-22(29)21(14)36)24(37)35(15(2)23-30-8-3-9-31-23)13-18-6-5-17(12-32-18)25(26,27)28/h3-12,15H,13H2,1-2H3,(H2,29,34). The average molecular weight is 506 g/mol. The number of pyridine rings is 1. The minimum absolute atomic E-state index is 0.0648. The Bertz CT molecular complexity index is 1600. The molecule has 37 heavy (non-hydrogen) atoms. The molecule has 1 amide bonds. The third-order valence-electron chi connectivity index (χ3n) is 6.06. The summed E-state index contributed by atoms with van der Waals surface area (Å²) in [5.74, 6) is 0.312. The van der Waals surface area contributed by atoms with Gasteiger partial charge in [-0.25, -0.2) is 19.5 Å². The van der Waals surface area contributed by atoms with Crippen LogP contribution in [0.15, 0.2) is 61.2 Å². The number of fused-ring (bicyclic) bond motifs is 3. The van der Waals surface area contributed by atoms with Crippen LogP contribution in [0.25, 0.3) is 16.6 Å². The maximum absolute atomic E-state index is 13.8. The summed E-state index contributed by atoms with van der Waals surface area (Å²) in [6.07, 6.45) is 1.02. The fourth-order valence-corrected chi connectivity index (χ4v) is 4.10. The Morgan fingerprint density at radius 2 is 1.86 bits per heavy atom. The summed E-state index contributed by atoms with van der Waals surface area (Å²) in [6, 6.07) is 8.19. The van der Waals surface area contributed by atoms with Gasteiger partial charge in [-0.3, -0.25) is 9.78 Å². The van der Waals surface area contributed by atoms with Crippen LogP contribution >= 0.6 is 0 Å². The summed E-state index contributed by atoms with van der Waals surface area (Å²) in [5.41, 5.74) is 8.47. The molecule has 0 aliphatic rings. The molecule has 0 radical (unpaired) electrons. The number of anilines is 1. The first kappa shape index (κ1) is 24.1. The molecule has 0 saturated heterocycles. The maximum atomic E-state index is 13.8. The van der Waals surface area contributed by atoms with Gasteiger partial charge >= 0.3 is 6.18 Å². The third kappa shape index (κ3) is 4.53. The number of carbonyl (C=O) groups excluding carboxylic acids is 1. The number of amides is 1. The molecule has 0 spiro atoms. The van der Waals surface area contributed by atoms with Gasteiger partial charge < -0.3 is 10.6 Å². The highest BCUT2D eigenvalue weighted by Gasteiger charge is 2.31. The van der Waals surface area contributed by atoms with E-state index < -0.39 is 23.7 Å². The molecule has 1 unspecified atom stereocenters. The van der Waals surface area contributed by atoms with Crippen LogP contribution in [0.5, 0.6) is 0 Å². The Balaban J connectivity index is 1.56. The second kappa shape index (κ2) is 9.12. The van der Waals surface area contributed by atoms with Gasteiger partial charge in [-0.15, -0.1) is 0 Å². The zero-order chi connectivity index (χ0) is 26.3. The number of benzene rings is 1. The summed E-state index contributed by atoms with van der Waals surface area (Å²) >= 11 is 0. The summed E-state index contributed by atoms with van der Waals surface area (Å²) in [5, 5.41) is 4.38. The van der Waals surface area contributed by atoms with Crippen molar-refractivity contribution in [2.24, 2.45) is 0 Å². The second-order valence-corrected chi connectivity index (χ2v) is 8.54. The van der Waals surface area contributed by atoms with Crippen molar-refractivity contribution in [1.29, 1.82) is 0 Å². The van der Waals surface area contributed by atoms with E-state index in [0.29, 0.717) is 33.8 Å². The molecule has 2 N–H and O–H groups in total. The molecule has 1 aromatic carbocycles. The van der Waals surface area contributed by atoms with Crippen LogP contribution in [0.1, 0.15) is 46.0 Å². The molecule has 4 heterocycles. The number of hydrogen-bond acceptors (Lipinski definition) is 7. The number of rotatable bonds is 5. The van der Waals surface area contributed by atoms with Gasteiger partial charge in [0.2, 0.25) is 0 Å². The number of nitrogen functional groups attached to an aromatic ring is 1. The average Bonchev–Trinajstić information content (AvgIpc) is 3.29. The summed E-state index contributed by atoms with van der Waals surface area (Å²) < 4.78 is 40.7. The van der Waals surface area contributed by atoms with E-state index in [1.54, 1.807) is 54.3 Å². The number of hydrogen-bond donors (Lipinski definition) is 1. The van der Waals surface area contributed by atoms with Gasteiger partial charge in [-0.2, -0.15) is 18.3 Å². The van der Waals surface area contributed by atoms with Crippen molar-refractivity contribution >= 4 is 28.3 Å². The number of nitrogens with two attached hydrogens (primary N) is 1. The van der Waals surface area contributed by atoms with Crippen molar-refractivity contribution in [3.05, 3.63) is 89.4 Å². The largest absolute Gasteiger partial charge is 0.417 e. The number of aryl methyl sites for hydroxylation is 1. The first-order chi connectivity index (χ1) is 17.6. The SMILES string of the molecule is Cc1cnn2c1c(N)nc1ccc(C(=O)N(Cc3ccc(C(F)(F)F)cn3)C(C)c3ncccn3)cc12.